The standard InChI is InChI=1S/C23H22ClN5O2S/c1-15-4-9-20-25-18(11-21(30)28(20)12-15)14-32-23-27-26-22(16-5-7-17(24)8-6-16)29(23)13-19-3-2-10-31-19/h4-9,11-12,19H,2-3,10,13-14H2,1H3. The lowest BCUT2D eigenvalue weighted by atomic mass is 10.2. The van der Waals surface area contributed by atoms with Gasteiger partial charge in [0.05, 0.1) is 18.3 Å². The second-order valence-corrected chi connectivity index (χ2v) is 9.25. The molecule has 1 unspecified atom stereocenters. The van der Waals surface area contributed by atoms with Gasteiger partial charge in [0.2, 0.25) is 0 Å². The SMILES string of the molecule is Cc1ccc2nc(CSc3nnc(-c4ccc(Cl)cc4)n3CC3CCCO3)cc(=O)n2c1. The molecule has 0 N–H and O–H groups in total. The lowest BCUT2D eigenvalue weighted by Gasteiger charge is -2.14. The number of aromatic nitrogens is 5. The van der Waals surface area contributed by atoms with Gasteiger partial charge in [0.25, 0.3) is 5.56 Å². The van der Waals surface area contributed by atoms with E-state index < -0.39 is 0 Å². The Bertz CT molecular complexity index is 1310. The van der Waals surface area contributed by atoms with Crippen molar-refractivity contribution in [2.45, 2.75) is 43.3 Å². The van der Waals surface area contributed by atoms with Gasteiger partial charge in [0.1, 0.15) is 5.65 Å². The Morgan fingerprint density at radius 2 is 2.03 bits per heavy atom. The highest BCUT2D eigenvalue weighted by Gasteiger charge is 2.22. The molecule has 32 heavy (non-hydrogen) atoms. The Labute approximate surface area is 194 Å². The largest absolute Gasteiger partial charge is 0.376 e. The number of ether oxygens (including phenoxy) is 1. The summed E-state index contributed by atoms with van der Waals surface area (Å²) in [4.78, 5) is 17.2. The second-order valence-electron chi connectivity index (χ2n) is 7.87. The van der Waals surface area contributed by atoms with E-state index in [-0.39, 0.29) is 11.7 Å². The first-order valence-corrected chi connectivity index (χ1v) is 11.9. The summed E-state index contributed by atoms with van der Waals surface area (Å²) in [5.41, 5.74) is 3.23. The fourth-order valence-corrected chi connectivity index (χ4v) is 4.80. The van der Waals surface area contributed by atoms with Crippen molar-refractivity contribution in [3.63, 3.8) is 0 Å². The van der Waals surface area contributed by atoms with Crippen molar-refractivity contribution in [1.82, 2.24) is 24.1 Å². The van der Waals surface area contributed by atoms with E-state index >= 15 is 0 Å². The number of thioether (sulfide) groups is 1. The summed E-state index contributed by atoms with van der Waals surface area (Å²) in [5.74, 6) is 1.30. The first-order valence-electron chi connectivity index (χ1n) is 10.5. The summed E-state index contributed by atoms with van der Waals surface area (Å²) in [5, 5.41) is 10.4. The van der Waals surface area contributed by atoms with Gasteiger partial charge < -0.3 is 4.74 Å². The van der Waals surface area contributed by atoms with Crippen LogP contribution >= 0.6 is 23.4 Å². The van der Waals surface area contributed by atoms with Crippen LogP contribution in [0.2, 0.25) is 5.02 Å². The molecule has 7 nitrogen and oxygen atoms in total. The van der Waals surface area contributed by atoms with Gasteiger partial charge in [0, 0.05) is 35.2 Å². The summed E-state index contributed by atoms with van der Waals surface area (Å²) in [6.07, 6.45) is 4.03. The lowest BCUT2D eigenvalue weighted by Crippen LogP contribution is -2.17. The molecule has 1 aromatic carbocycles. The third-order valence-corrected chi connectivity index (χ3v) is 6.69. The lowest BCUT2D eigenvalue weighted by molar-refractivity contribution is 0.0953. The molecule has 0 spiro atoms. The molecule has 0 saturated carbocycles. The number of aryl methyl sites for hydroxylation is 1. The van der Waals surface area contributed by atoms with Crippen LogP contribution in [0.1, 0.15) is 24.1 Å². The van der Waals surface area contributed by atoms with Crippen LogP contribution < -0.4 is 5.56 Å². The Balaban J connectivity index is 1.44. The van der Waals surface area contributed by atoms with Crippen molar-refractivity contribution in [3.8, 4) is 11.4 Å². The van der Waals surface area contributed by atoms with Gasteiger partial charge in [-0.05, 0) is 55.7 Å². The number of hydrogen-bond acceptors (Lipinski definition) is 6. The smallest absolute Gasteiger partial charge is 0.258 e. The predicted molar refractivity (Wildman–Crippen MR) is 125 cm³/mol. The molecule has 5 rings (SSSR count). The molecule has 0 amide bonds. The highest BCUT2D eigenvalue weighted by atomic mass is 35.5. The number of rotatable bonds is 6. The normalized spacial score (nSPS) is 16.1. The van der Waals surface area contributed by atoms with E-state index in [1.54, 1.807) is 16.7 Å². The molecule has 1 atom stereocenters. The second kappa shape index (κ2) is 9.05. The van der Waals surface area contributed by atoms with Crippen molar-refractivity contribution < 1.29 is 4.74 Å². The van der Waals surface area contributed by atoms with Gasteiger partial charge in [-0.15, -0.1) is 10.2 Å². The predicted octanol–water partition coefficient (Wildman–Crippen LogP) is 4.39. The summed E-state index contributed by atoms with van der Waals surface area (Å²) in [6.45, 7) is 3.42. The van der Waals surface area contributed by atoms with Crippen LogP contribution in [0.5, 0.6) is 0 Å². The maximum Gasteiger partial charge on any atom is 0.258 e. The zero-order valence-corrected chi connectivity index (χ0v) is 19.1. The summed E-state index contributed by atoms with van der Waals surface area (Å²) in [7, 11) is 0. The first kappa shape index (κ1) is 21.2. The van der Waals surface area contributed by atoms with Crippen LogP contribution in [0, 0.1) is 6.92 Å². The quantitative estimate of drug-likeness (QED) is 0.391. The van der Waals surface area contributed by atoms with Crippen molar-refractivity contribution >= 4 is 29.0 Å². The van der Waals surface area contributed by atoms with Crippen LogP contribution in [-0.4, -0.2) is 36.9 Å². The molecule has 9 heteroatoms. The molecular formula is C23H22ClN5O2S. The van der Waals surface area contributed by atoms with Crippen LogP contribution in [0.4, 0.5) is 0 Å². The van der Waals surface area contributed by atoms with Crippen LogP contribution in [0.3, 0.4) is 0 Å². The zero-order chi connectivity index (χ0) is 22.1. The van der Waals surface area contributed by atoms with E-state index in [1.165, 1.54) is 11.8 Å². The highest BCUT2D eigenvalue weighted by Crippen LogP contribution is 2.28. The van der Waals surface area contributed by atoms with Crippen molar-refractivity contribution in [3.05, 3.63) is 75.3 Å². The molecular weight excluding hydrogens is 446 g/mol. The molecule has 0 aliphatic carbocycles. The molecule has 1 aliphatic rings. The Morgan fingerprint density at radius 3 is 2.81 bits per heavy atom. The van der Waals surface area contributed by atoms with Gasteiger partial charge >= 0.3 is 0 Å². The summed E-state index contributed by atoms with van der Waals surface area (Å²) in [6, 6.07) is 13.0. The number of halogens is 1. The average molecular weight is 468 g/mol. The molecule has 0 bridgehead atoms. The average Bonchev–Trinajstić information content (AvgIpc) is 3.44. The molecule has 3 aromatic heterocycles. The minimum absolute atomic E-state index is 0.0861. The highest BCUT2D eigenvalue weighted by molar-refractivity contribution is 7.98. The number of benzene rings is 1. The molecule has 164 valence electrons. The third-order valence-electron chi connectivity index (χ3n) is 5.44. The minimum Gasteiger partial charge on any atom is -0.376 e. The topological polar surface area (TPSA) is 74.3 Å². The first-order chi connectivity index (χ1) is 15.6. The van der Waals surface area contributed by atoms with E-state index in [0.29, 0.717) is 28.7 Å². The van der Waals surface area contributed by atoms with Crippen molar-refractivity contribution in [2.24, 2.45) is 0 Å². The van der Waals surface area contributed by atoms with Gasteiger partial charge in [0.15, 0.2) is 11.0 Å². The number of pyridine rings is 1. The van der Waals surface area contributed by atoms with Crippen LogP contribution in [0.15, 0.2) is 58.6 Å². The fraction of sp³-hybridized carbons (Fsp3) is 0.304. The monoisotopic (exact) mass is 467 g/mol. The van der Waals surface area contributed by atoms with Crippen LogP contribution in [-0.2, 0) is 17.0 Å². The minimum atomic E-state index is -0.0861. The van der Waals surface area contributed by atoms with Gasteiger partial charge in [-0.25, -0.2) is 4.98 Å². The van der Waals surface area contributed by atoms with Crippen LogP contribution in [0.25, 0.3) is 17.0 Å². The number of nitrogens with zero attached hydrogens (tertiary/aromatic N) is 5. The Morgan fingerprint density at radius 1 is 1.19 bits per heavy atom. The maximum atomic E-state index is 12.5. The van der Waals surface area contributed by atoms with Gasteiger partial charge in [-0.2, -0.15) is 0 Å². The number of fused-ring (bicyclic) bond motifs is 1. The summed E-state index contributed by atoms with van der Waals surface area (Å²) < 4.78 is 9.53. The number of hydrogen-bond donors (Lipinski definition) is 0. The summed E-state index contributed by atoms with van der Waals surface area (Å²) >= 11 is 7.58. The Hall–Kier alpha value is -2.68. The molecule has 0 radical (unpaired) electrons. The van der Waals surface area contributed by atoms with Gasteiger partial charge in [-0.1, -0.05) is 29.4 Å². The third kappa shape index (κ3) is 4.44. The van der Waals surface area contributed by atoms with E-state index in [0.717, 1.165) is 41.6 Å². The Kier molecular flexibility index (Phi) is 5.99. The van der Waals surface area contributed by atoms with Crippen molar-refractivity contribution in [1.29, 1.82) is 0 Å². The molecule has 1 aliphatic heterocycles. The van der Waals surface area contributed by atoms with E-state index in [4.69, 9.17) is 16.3 Å². The molecule has 1 fully saturated rings. The van der Waals surface area contributed by atoms with E-state index in [2.05, 4.69) is 19.7 Å². The fourth-order valence-electron chi connectivity index (χ4n) is 3.84. The maximum absolute atomic E-state index is 12.5. The molecule has 1 saturated heterocycles. The molecule has 4 aromatic rings. The molecule has 4 heterocycles. The van der Waals surface area contributed by atoms with E-state index in [1.807, 2.05) is 43.3 Å². The zero-order valence-electron chi connectivity index (χ0n) is 17.6. The van der Waals surface area contributed by atoms with Crippen molar-refractivity contribution in [2.75, 3.05) is 6.61 Å². The van der Waals surface area contributed by atoms with Gasteiger partial charge in [-0.3, -0.25) is 13.8 Å². The van der Waals surface area contributed by atoms with E-state index in [9.17, 15) is 4.79 Å².